The molecule has 0 aromatic carbocycles. The van der Waals surface area contributed by atoms with Gasteiger partial charge >= 0.3 is 0 Å². The van der Waals surface area contributed by atoms with Crippen LogP contribution in [0.3, 0.4) is 0 Å². The summed E-state index contributed by atoms with van der Waals surface area (Å²) in [6.45, 7) is 7.03. The minimum Gasteiger partial charge on any atom is -0.314 e. The molecule has 3 atom stereocenters. The molecule has 96 valence electrons. The number of rotatable bonds is 4. The first-order valence-corrected chi connectivity index (χ1v) is 7.52. The van der Waals surface area contributed by atoms with Gasteiger partial charge in [-0.25, -0.2) is 0 Å². The maximum atomic E-state index is 3.53. The van der Waals surface area contributed by atoms with E-state index in [-0.39, 0.29) is 0 Å². The van der Waals surface area contributed by atoms with Gasteiger partial charge in [-0.2, -0.15) is 0 Å². The summed E-state index contributed by atoms with van der Waals surface area (Å²) in [7, 11) is 2.26. The first-order valence-electron chi connectivity index (χ1n) is 6.64. The lowest BCUT2D eigenvalue weighted by Crippen LogP contribution is -2.40. The number of hydrogen-bond acceptors (Lipinski definition) is 3. The Balaban J connectivity index is 1.85. The van der Waals surface area contributed by atoms with Gasteiger partial charge in [0.1, 0.15) is 0 Å². The molecule has 2 nitrogen and oxygen atoms in total. The van der Waals surface area contributed by atoms with Gasteiger partial charge < -0.3 is 5.32 Å². The van der Waals surface area contributed by atoms with Crippen molar-refractivity contribution < 1.29 is 0 Å². The Labute approximate surface area is 109 Å². The van der Waals surface area contributed by atoms with Crippen LogP contribution in [0.2, 0.25) is 0 Å². The second-order valence-electron chi connectivity index (χ2n) is 5.38. The smallest absolute Gasteiger partial charge is 0.0410 e. The average molecular weight is 252 g/mol. The molecule has 0 saturated carbocycles. The topological polar surface area (TPSA) is 15.3 Å². The molecule has 2 heterocycles. The van der Waals surface area contributed by atoms with E-state index in [0.29, 0.717) is 12.1 Å². The van der Waals surface area contributed by atoms with Gasteiger partial charge in [-0.1, -0.05) is 6.07 Å². The van der Waals surface area contributed by atoms with Gasteiger partial charge in [-0.3, -0.25) is 4.90 Å². The van der Waals surface area contributed by atoms with E-state index >= 15 is 0 Å². The van der Waals surface area contributed by atoms with Crippen molar-refractivity contribution in [3.8, 4) is 0 Å². The van der Waals surface area contributed by atoms with Gasteiger partial charge in [0.15, 0.2) is 0 Å². The third kappa shape index (κ3) is 3.54. The third-order valence-corrected chi connectivity index (χ3v) is 4.94. The van der Waals surface area contributed by atoms with Gasteiger partial charge in [0.05, 0.1) is 0 Å². The fraction of sp³-hybridized carbons (Fsp3) is 0.714. The highest BCUT2D eigenvalue weighted by Gasteiger charge is 2.22. The summed E-state index contributed by atoms with van der Waals surface area (Å²) in [6.07, 6.45) is 2.65. The van der Waals surface area contributed by atoms with Crippen LogP contribution < -0.4 is 5.32 Å². The molecule has 1 aliphatic rings. The molecular formula is C14H24N2S. The van der Waals surface area contributed by atoms with Crippen molar-refractivity contribution in [3.05, 3.63) is 22.4 Å². The quantitative estimate of drug-likeness (QED) is 0.885. The summed E-state index contributed by atoms with van der Waals surface area (Å²) in [6, 6.07) is 5.65. The van der Waals surface area contributed by atoms with Crippen molar-refractivity contribution in [3.63, 3.8) is 0 Å². The standard InChI is InChI=1S/C14H24N2S/c1-11-9-13(6-7-15-11)10-16(3)12(2)14-5-4-8-17-14/h4-5,8,11-13,15H,6-7,9-10H2,1-3H3. The number of nitrogens with zero attached hydrogens (tertiary/aromatic N) is 1. The van der Waals surface area contributed by atoms with Crippen LogP contribution in [0.4, 0.5) is 0 Å². The highest BCUT2D eigenvalue weighted by Crippen LogP contribution is 2.26. The molecule has 1 aromatic rings. The number of hydrogen-bond donors (Lipinski definition) is 1. The SMILES string of the molecule is CC1CC(CN(C)C(C)c2cccs2)CCN1. The monoisotopic (exact) mass is 252 g/mol. The molecule has 0 radical (unpaired) electrons. The van der Waals surface area contributed by atoms with E-state index in [4.69, 9.17) is 0 Å². The van der Waals surface area contributed by atoms with Crippen LogP contribution in [0.1, 0.15) is 37.6 Å². The van der Waals surface area contributed by atoms with E-state index in [9.17, 15) is 0 Å². The average Bonchev–Trinajstić information content (AvgIpc) is 2.81. The Morgan fingerprint density at radius 2 is 2.41 bits per heavy atom. The van der Waals surface area contributed by atoms with Crippen molar-refractivity contribution in [2.45, 2.75) is 38.8 Å². The van der Waals surface area contributed by atoms with Crippen molar-refractivity contribution in [1.29, 1.82) is 0 Å². The second-order valence-corrected chi connectivity index (χ2v) is 6.36. The predicted octanol–water partition coefficient (Wildman–Crippen LogP) is 3.13. The molecule has 2 rings (SSSR count). The minimum absolute atomic E-state index is 0.556. The third-order valence-electron chi connectivity index (χ3n) is 3.89. The van der Waals surface area contributed by atoms with Crippen molar-refractivity contribution in [2.24, 2.45) is 5.92 Å². The van der Waals surface area contributed by atoms with Gasteiger partial charge in [0, 0.05) is 23.5 Å². The highest BCUT2D eigenvalue weighted by atomic mass is 32.1. The lowest BCUT2D eigenvalue weighted by molar-refractivity contribution is 0.185. The number of nitrogens with one attached hydrogen (secondary N) is 1. The zero-order valence-corrected chi connectivity index (χ0v) is 12.0. The summed E-state index contributed by atoms with van der Waals surface area (Å²) in [4.78, 5) is 3.99. The first-order chi connectivity index (χ1) is 8.16. The maximum Gasteiger partial charge on any atom is 0.0410 e. The molecule has 1 aliphatic heterocycles. The van der Waals surface area contributed by atoms with Crippen LogP contribution in [0.25, 0.3) is 0 Å². The molecule has 1 N–H and O–H groups in total. The Hall–Kier alpha value is -0.380. The lowest BCUT2D eigenvalue weighted by Gasteiger charge is -2.33. The molecule has 3 heteroatoms. The van der Waals surface area contributed by atoms with Crippen LogP contribution in [-0.2, 0) is 0 Å². The Bertz CT molecular complexity index is 323. The lowest BCUT2D eigenvalue weighted by atomic mass is 9.92. The van der Waals surface area contributed by atoms with Gasteiger partial charge in [-0.05, 0) is 57.6 Å². The van der Waals surface area contributed by atoms with Gasteiger partial charge in [-0.15, -0.1) is 11.3 Å². The van der Waals surface area contributed by atoms with Crippen LogP contribution in [0.5, 0.6) is 0 Å². The van der Waals surface area contributed by atoms with E-state index in [1.165, 1.54) is 30.8 Å². The fourth-order valence-electron chi connectivity index (χ4n) is 2.71. The summed E-state index contributed by atoms with van der Waals surface area (Å²) < 4.78 is 0. The minimum atomic E-state index is 0.556. The Morgan fingerprint density at radius 1 is 1.59 bits per heavy atom. The zero-order valence-electron chi connectivity index (χ0n) is 11.1. The predicted molar refractivity (Wildman–Crippen MR) is 75.6 cm³/mol. The van der Waals surface area contributed by atoms with Crippen LogP contribution in [0, 0.1) is 5.92 Å². The van der Waals surface area contributed by atoms with Crippen LogP contribution >= 0.6 is 11.3 Å². The van der Waals surface area contributed by atoms with Gasteiger partial charge in [0.25, 0.3) is 0 Å². The molecule has 0 bridgehead atoms. The Kier molecular flexibility index (Phi) is 4.60. The molecule has 0 amide bonds. The van der Waals surface area contributed by atoms with Crippen LogP contribution in [0.15, 0.2) is 17.5 Å². The van der Waals surface area contributed by atoms with Crippen LogP contribution in [-0.4, -0.2) is 31.1 Å². The van der Waals surface area contributed by atoms with Crippen molar-refractivity contribution >= 4 is 11.3 Å². The molecule has 1 fully saturated rings. The fourth-order valence-corrected chi connectivity index (χ4v) is 3.56. The van der Waals surface area contributed by atoms with E-state index in [0.717, 1.165) is 5.92 Å². The van der Waals surface area contributed by atoms with E-state index in [2.05, 4.69) is 48.6 Å². The number of thiophene rings is 1. The molecule has 0 aliphatic carbocycles. The first kappa shape index (κ1) is 13.1. The summed E-state index contributed by atoms with van der Waals surface area (Å²) in [5, 5.41) is 5.70. The van der Waals surface area contributed by atoms with Gasteiger partial charge in [0.2, 0.25) is 0 Å². The normalized spacial score (nSPS) is 27.3. The molecular weight excluding hydrogens is 228 g/mol. The molecule has 1 aromatic heterocycles. The molecule has 1 saturated heterocycles. The summed E-state index contributed by atoms with van der Waals surface area (Å²) >= 11 is 1.87. The molecule has 3 unspecified atom stereocenters. The van der Waals surface area contributed by atoms with E-state index in [1.54, 1.807) is 0 Å². The number of piperidine rings is 1. The van der Waals surface area contributed by atoms with E-state index < -0.39 is 0 Å². The zero-order chi connectivity index (χ0) is 12.3. The maximum absolute atomic E-state index is 3.53. The molecule has 17 heavy (non-hydrogen) atoms. The highest BCUT2D eigenvalue weighted by molar-refractivity contribution is 7.10. The van der Waals surface area contributed by atoms with Crippen molar-refractivity contribution in [1.82, 2.24) is 10.2 Å². The van der Waals surface area contributed by atoms with Crippen molar-refractivity contribution in [2.75, 3.05) is 20.1 Å². The largest absolute Gasteiger partial charge is 0.314 e. The van der Waals surface area contributed by atoms with E-state index in [1.807, 2.05) is 11.3 Å². The second kappa shape index (κ2) is 5.98. The summed E-state index contributed by atoms with van der Waals surface area (Å²) in [5.74, 6) is 0.860. The molecule has 0 spiro atoms. The summed E-state index contributed by atoms with van der Waals surface area (Å²) in [5.41, 5.74) is 0. The Morgan fingerprint density at radius 3 is 3.06 bits per heavy atom.